The number of ether oxygens (including phenoxy) is 2. The largest absolute Gasteiger partial charge is 0.489 e. The summed E-state index contributed by atoms with van der Waals surface area (Å²) in [5, 5.41) is 11.3. The first-order valence-electron chi connectivity index (χ1n) is 11.0. The number of halogens is 1. The molecule has 1 aliphatic rings. The van der Waals surface area contributed by atoms with Crippen molar-refractivity contribution in [2.24, 2.45) is 0 Å². The fraction of sp³-hybridized carbons (Fsp3) is 0.259. The zero-order valence-corrected chi connectivity index (χ0v) is 18.1. The molecule has 1 atom stereocenters. The van der Waals surface area contributed by atoms with Crippen LogP contribution in [-0.4, -0.2) is 16.3 Å². The Balaban J connectivity index is 1.63. The molecule has 1 saturated heterocycles. The van der Waals surface area contributed by atoms with Crippen LogP contribution in [0.2, 0.25) is 0 Å². The lowest BCUT2D eigenvalue weighted by Crippen LogP contribution is -2.08. The molecule has 4 aromatic rings. The first kappa shape index (κ1) is 20.7. The molecule has 0 amide bonds. The molecule has 5 rings (SSSR count). The number of fused-ring (bicyclic) bond motifs is 1. The van der Waals surface area contributed by atoms with Gasteiger partial charge in [0.25, 0.3) is 0 Å². The molecule has 1 aromatic heterocycles. The second kappa shape index (κ2) is 8.77. The quantitative estimate of drug-likeness (QED) is 0.407. The summed E-state index contributed by atoms with van der Waals surface area (Å²) in [4.78, 5) is 0. The monoisotopic (exact) mass is 431 g/mol. The van der Waals surface area contributed by atoms with E-state index in [1.54, 1.807) is 13.0 Å². The van der Waals surface area contributed by atoms with Crippen LogP contribution in [0.1, 0.15) is 41.3 Å². The SMILES string of the molecule is Cc1cc(-n2c(C3CCCO3)c(CO)c3cc(OCc4ccccc4)ccc32)ccc1F. The van der Waals surface area contributed by atoms with Gasteiger partial charge in [0.15, 0.2) is 0 Å². The number of aliphatic hydroxyl groups is 1. The smallest absolute Gasteiger partial charge is 0.126 e. The standard InChI is InChI=1S/C27H26FNO3/c1-18-14-20(9-11-24(18)28)29-25-12-10-21(32-17-19-6-3-2-4-7-19)15-22(25)23(16-30)27(29)26-8-5-13-31-26/h2-4,6-7,9-12,14-15,26,30H,5,8,13,16-17H2,1H3. The number of hydrogen-bond acceptors (Lipinski definition) is 3. The lowest BCUT2D eigenvalue weighted by atomic mass is 10.1. The van der Waals surface area contributed by atoms with Crippen LogP contribution >= 0.6 is 0 Å². The van der Waals surface area contributed by atoms with Gasteiger partial charge in [-0.3, -0.25) is 0 Å². The number of aromatic nitrogens is 1. The van der Waals surface area contributed by atoms with E-state index in [-0.39, 0.29) is 18.5 Å². The summed E-state index contributed by atoms with van der Waals surface area (Å²) in [6.07, 6.45) is 1.76. The maximum absolute atomic E-state index is 14.0. The zero-order chi connectivity index (χ0) is 22.1. The summed E-state index contributed by atoms with van der Waals surface area (Å²) in [5.74, 6) is 0.505. The molecule has 2 heterocycles. The van der Waals surface area contributed by atoms with E-state index in [1.165, 1.54) is 6.07 Å². The highest BCUT2D eigenvalue weighted by atomic mass is 19.1. The Morgan fingerprint density at radius 2 is 1.94 bits per heavy atom. The van der Waals surface area contributed by atoms with E-state index >= 15 is 0 Å². The molecule has 0 saturated carbocycles. The first-order valence-corrected chi connectivity index (χ1v) is 11.0. The Bertz CT molecular complexity index is 1240. The lowest BCUT2D eigenvalue weighted by Gasteiger charge is -2.17. The molecular weight excluding hydrogens is 405 g/mol. The van der Waals surface area contributed by atoms with Crippen molar-refractivity contribution in [1.29, 1.82) is 0 Å². The normalized spacial score (nSPS) is 16.0. The molecule has 1 unspecified atom stereocenters. The third kappa shape index (κ3) is 3.78. The molecule has 0 bridgehead atoms. The van der Waals surface area contributed by atoms with Gasteiger partial charge in [-0.05, 0) is 67.3 Å². The maximum Gasteiger partial charge on any atom is 0.126 e. The van der Waals surface area contributed by atoms with Crippen LogP contribution in [0, 0.1) is 12.7 Å². The van der Waals surface area contributed by atoms with Gasteiger partial charge in [0.2, 0.25) is 0 Å². The molecule has 1 N–H and O–H groups in total. The minimum atomic E-state index is -0.233. The minimum Gasteiger partial charge on any atom is -0.489 e. The highest BCUT2D eigenvalue weighted by Gasteiger charge is 2.28. The van der Waals surface area contributed by atoms with Crippen molar-refractivity contribution in [3.05, 3.63) is 94.9 Å². The van der Waals surface area contributed by atoms with E-state index in [4.69, 9.17) is 9.47 Å². The minimum absolute atomic E-state index is 0.108. The molecule has 4 nitrogen and oxygen atoms in total. The molecule has 32 heavy (non-hydrogen) atoms. The van der Waals surface area contributed by atoms with Gasteiger partial charge in [-0.1, -0.05) is 30.3 Å². The van der Waals surface area contributed by atoms with Crippen molar-refractivity contribution in [1.82, 2.24) is 4.57 Å². The van der Waals surface area contributed by atoms with Gasteiger partial charge in [0.05, 0.1) is 23.9 Å². The number of benzene rings is 3. The van der Waals surface area contributed by atoms with Crippen LogP contribution in [0.5, 0.6) is 5.75 Å². The summed E-state index contributed by atoms with van der Waals surface area (Å²) in [6.45, 7) is 2.82. The van der Waals surface area contributed by atoms with E-state index in [9.17, 15) is 9.50 Å². The van der Waals surface area contributed by atoms with Crippen molar-refractivity contribution in [2.75, 3.05) is 6.61 Å². The topological polar surface area (TPSA) is 43.6 Å². The fourth-order valence-electron chi connectivity index (χ4n) is 4.53. The van der Waals surface area contributed by atoms with Crippen LogP contribution in [0.15, 0.2) is 66.7 Å². The molecule has 0 spiro atoms. The Morgan fingerprint density at radius 1 is 1.09 bits per heavy atom. The van der Waals surface area contributed by atoms with Crippen LogP contribution in [0.4, 0.5) is 4.39 Å². The third-order valence-electron chi connectivity index (χ3n) is 6.12. The van der Waals surface area contributed by atoms with Gasteiger partial charge in [-0.15, -0.1) is 0 Å². The van der Waals surface area contributed by atoms with Crippen molar-refractivity contribution >= 4 is 10.9 Å². The van der Waals surface area contributed by atoms with Gasteiger partial charge in [-0.2, -0.15) is 0 Å². The summed E-state index contributed by atoms with van der Waals surface area (Å²) in [7, 11) is 0. The number of hydrogen-bond donors (Lipinski definition) is 1. The van der Waals surface area contributed by atoms with E-state index in [0.717, 1.165) is 52.0 Å². The van der Waals surface area contributed by atoms with Crippen LogP contribution in [0.25, 0.3) is 16.6 Å². The van der Waals surface area contributed by atoms with E-state index in [0.29, 0.717) is 18.8 Å². The van der Waals surface area contributed by atoms with Crippen LogP contribution in [-0.2, 0) is 18.0 Å². The van der Waals surface area contributed by atoms with Crippen molar-refractivity contribution in [3.63, 3.8) is 0 Å². The van der Waals surface area contributed by atoms with Gasteiger partial charge < -0.3 is 19.1 Å². The number of rotatable bonds is 6. The second-order valence-corrected chi connectivity index (χ2v) is 8.25. The van der Waals surface area contributed by atoms with Crippen LogP contribution < -0.4 is 4.74 Å². The average molecular weight is 432 g/mol. The van der Waals surface area contributed by atoms with E-state index in [1.807, 2.05) is 54.6 Å². The van der Waals surface area contributed by atoms with Crippen LogP contribution in [0.3, 0.4) is 0 Å². The molecular formula is C27H26FNO3. The van der Waals surface area contributed by atoms with E-state index < -0.39 is 0 Å². The highest BCUT2D eigenvalue weighted by Crippen LogP contribution is 2.40. The fourth-order valence-corrected chi connectivity index (χ4v) is 4.53. The average Bonchev–Trinajstić information content (AvgIpc) is 3.45. The molecule has 3 aromatic carbocycles. The molecule has 0 aliphatic carbocycles. The molecule has 5 heteroatoms. The number of aliphatic hydroxyl groups excluding tert-OH is 1. The number of nitrogens with zero attached hydrogens (tertiary/aromatic N) is 1. The summed E-state index contributed by atoms with van der Waals surface area (Å²) in [5.41, 5.74) is 5.24. The molecule has 1 fully saturated rings. The predicted molar refractivity (Wildman–Crippen MR) is 123 cm³/mol. The van der Waals surface area contributed by atoms with Crippen molar-refractivity contribution in [2.45, 2.75) is 39.1 Å². The summed E-state index contributed by atoms with van der Waals surface area (Å²) < 4.78 is 28.2. The van der Waals surface area contributed by atoms with Crippen molar-refractivity contribution < 1.29 is 19.0 Å². The Hall–Kier alpha value is -3.15. The number of aryl methyl sites for hydroxylation is 1. The van der Waals surface area contributed by atoms with Gasteiger partial charge in [0, 0.05) is 23.2 Å². The first-order chi connectivity index (χ1) is 15.7. The van der Waals surface area contributed by atoms with E-state index in [2.05, 4.69) is 4.57 Å². The Labute approximate surface area is 186 Å². The van der Waals surface area contributed by atoms with Gasteiger partial charge in [-0.25, -0.2) is 4.39 Å². The molecule has 0 radical (unpaired) electrons. The molecule has 164 valence electrons. The summed E-state index contributed by atoms with van der Waals surface area (Å²) in [6, 6.07) is 21.1. The lowest BCUT2D eigenvalue weighted by molar-refractivity contribution is 0.105. The maximum atomic E-state index is 14.0. The van der Waals surface area contributed by atoms with Crippen molar-refractivity contribution in [3.8, 4) is 11.4 Å². The summed E-state index contributed by atoms with van der Waals surface area (Å²) >= 11 is 0. The predicted octanol–water partition coefficient (Wildman–Crippen LogP) is 6.00. The third-order valence-corrected chi connectivity index (χ3v) is 6.12. The molecule has 1 aliphatic heterocycles. The Kier molecular flexibility index (Phi) is 5.68. The Morgan fingerprint density at radius 3 is 2.66 bits per heavy atom. The van der Waals surface area contributed by atoms with Gasteiger partial charge in [0.1, 0.15) is 18.2 Å². The second-order valence-electron chi connectivity index (χ2n) is 8.25. The zero-order valence-electron chi connectivity index (χ0n) is 18.1. The highest BCUT2D eigenvalue weighted by molar-refractivity contribution is 5.89. The van der Waals surface area contributed by atoms with Gasteiger partial charge >= 0.3 is 0 Å².